The van der Waals surface area contributed by atoms with Gasteiger partial charge in [0.1, 0.15) is 12.4 Å². The smallest absolute Gasteiger partial charge is 0.130 e. The molecule has 2 aromatic rings. The van der Waals surface area contributed by atoms with E-state index in [9.17, 15) is 0 Å². The molecule has 0 radical (unpaired) electrons. The number of allylic oxidation sites excluding steroid dienone is 1. The van der Waals surface area contributed by atoms with E-state index in [1.807, 2.05) is 36.4 Å². The number of hydrogen-bond donors (Lipinski definition) is 1. The number of benzene rings is 1. The number of hydrogen-bond acceptors (Lipinski definition) is 3. The highest BCUT2D eigenvalue weighted by atomic mass is 16.5. The van der Waals surface area contributed by atoms with Crippen molar-refractivity contribution in [3.8, 4) is 5.75 Å². The highest BCUT2D eigenvalue weighted by Crippen LogP contribution is 2.15. The van der Waals surface area contributed by atoms with Crippen molar-refractivity contribution in [1.82, 2.24) is 10.3 Å². The van der Waals surface area contributed by atoms with Crippen LogP contribution in [0.1, 0.15) is 37.4 Å². The molecule has 0 aliphatic rings. The molecule has 0 bridgehead atoms. The van der Waals surface area contributed by atoms with Crippen LogP contribution in [-0.2, 0) is 13.2 Å². The second-order valence-corrected chi connectivity index (χ2v) is 6.02. The molecule has 0 amide bonds. The maximum atomic E-state index is 5.75. The lowest BCUT2D eigenvalue weighted by atomic mass is 9.98. The Kier molecular flexibility index (Phi) is 8.05. The van der Waals surface area contributed by atoms with Gasteiger partial charge in [-0.15, -0.1) is 6.58 Å². The largest absolute Gasteiger partial charge is 0.487 e. The van der Waals surface area contributed by atoms with E-state index in [0.717, 1.165) is 36.9 Å². The van der Waals surface area contributed by atoms with Crippen LogP contribution in [0.4, 0.5) is 0 Å². The van der Waals surface area contributed by atoms with Crippen LogP contribution in [0.3, 0.4) is 0 Å². The van der Waals surface area contributed by atoms with Crippen LogP contribution in [-0.4, -0.2) is 11.5 Å². The number of aromatic nitrogens is 1. The molecule has 1 unspecified atom stereocenters. The standard InChI is InChI=1S/C21H28N2O/c1-3-7-18(4-2)13-15-22-16-19-9-11-21(12-10-19)24-17-20-8-5-6-14-23-20/h3,5-6,8-12,14,18,22H,1,4,7,13,15-17H2,2H3. The van der Waals surface area contributed by atoms with Gasteiger partial charge in [-0.25, -0.2) is 0 Å². The first-order valence-electron chi connectivity index (χ1n) is 8.75. The van der Waals surface area contributed by atoms with E-state index in [2.05, 4.69) is 35.9 Å². The summed E-state index contributed by atoms with van der Waals surface area (Å²) in [5, 5.41) is 3.52. The third-order valence-corrected chi connectivity index (χ3v) is 4.17. The number of ether oxygens (including phenoxy) is 1. The molecular formula is C21H28N2O. The number of nitrogens with one attached hydrogen (secondary N) is 1. The van der Waals surface area contributed by atoms with Crippen LogP contribution >= 0.6 is 0 Å². The molecular weight excluding hydrogens is 296 g/mol. The molecule has 0 saturated carbocycles. The van der Waals surface area contributed by atoms with Gasteiger partial charge in [0.05, 0.1) is 5.69 Å². The van der Waals surface area contributed by atoms with Crippen molar-refractivity contribution in [2.75, 3.05) is 6.54 Å². The van der Waals surface area contributed by atoms with Crippen molar-refractivity contribution >= 4 is 0 Å². The Labute approximate surface area is 145 Å². The molecule has 1 atom stereocenters. The van der Waals surface area contributed by atoms with E-state index in [1.165, 1.54) is 18.4 Å². The van der Waals surface area contributed by atoms with Crippen LogP contribution in [0.2, 0.25) is 0 Å². The van der Waals surface area contributed by atoms with Crippen molar-refractivity contribution in [1.29, 1.82) is 0 Å². The molecule has 24 heavy (non-hydrogen) atoms. The molecule has 1 aromatic heterocycles. The Balaban J connectivity index is 1.69. The van der Waals surface area contributed by atoms with Crippen molar-refractivity contribution in [3.63, 3.8) is 0 Å². The zero-order valence-electron chi connectivity index (χ0n) is 14.6. The molecule has 0 saturated heterocycles. The van der Waals surface area contributed by atoms with E-state index in [0.29, 0.717) is 6.61 Å². The van der Waals surface area contributed by atoms with Crippen molar-refractivity contribution in [2.24, 2.45) is 5.92 Å². The topological polar surface area (TPSA) is 34.1 Å². The number of pyridine rings is 1. The van der Waals surface area contributed by atoms with Gasteiger partial charge < -0.3 is 10.1 Å². The SMILES string of the molecule is C=CCC(CC)CCNCc1ccc(OCc2ccccn2)cc1. The molecule has 1 N–H and O–H groups in total. The van der Waals surface area contributed by atoms with Gasteiger partial charge in [0.2, 0.25) is 0 Å². The van der Waals surface area contributed by atoms with Gasteiger partial charge in [-0.05, 0) is 55.1 Å². The fourth-order valence-corrected chi connectivity index (χ4v) is 2.61. The minimum Gasteiger partial charge on any atom is -0.487 e. The summed E-state index contributed by atoms with van der Waals surface area (Å²) in [5.41, 5.74) is 2.21. The van der Waals surface area contributed by atoms with Crippen LogP contribution in [0.5, 0.6) is 5.75 Å². The number of nitrogens with zero attached hydrogens (tertiary/aromatic N) is 1. The van der Waals surface area contributed by atoms with E-state index in [4.69, 9.17) is 4.74 Å². The molecule has 1 aromatic carbocycles. The van der Waals surface area contributed by atoms with E-state index in [-0.39, 0.29) is 0 Å². The van der Waals surface area contributed by atoms with Crippen LogP contribution < -0.4 is 10.1 Å². The second kappa shape index (κ2) is 10.6. The first kappa shape index (κ1) is 18.2. The quantitative estimate of drug-likeness (QED) is 0.479. The van der Waals surface area contributed by atoms with Crippen molar-refractivity contribution < 1.29 is 4.74 Å². The summed E-state index contributed by atoms with van der Waals surface area (Å²) in [6.45, 7) is 8.52. The lowest BCUT2D eigenvalue weighted by Gasteiger charge is -2.13. The van der Waals surface area contributed by atoms with Crippen molar-refractivity contribution in [2.45, 2.75) is 39.3 Å². The van der Waals surface area contributed by atoms with E-state index >= 15 is 0 Å². The lowest BCUT2D eigenvalue weighted by Crippen LogP contribution is -2.17. The predicted octanol–water partition coefficient (Wildman–Crippen LogP) is 4.74. The van der Waals surface area contributed by atoms with Crippen LogP contribution in [0.25, 0.3) is 0 Å². The molecule has 128 valence electrons. The lowest BCUT2D eigenvalue weighted by molar-refractivity contribution is 0.301. The summed E-state index contributed by atoms with van der Waals surface area (Å²) in [6.07, 6.45) is 7.34. The second-order valence-electron chi connectivity index (χ2n) is 6.02. The van der Waals surface area contributed by atoms with Gasteiger partial charge in [0.15, 0.2) is 0 Å². The normalized spacial score (nSPS) is 11.9. The highest BCUT2D eigenvalue weighted by molar-refractivity contribution is 5.27. The first-order valence-corrected chi connectivity index (χ1v) is 8.75. The summed E-state index contributed by atoms with van der Waals surface area (Å²) in [5.74, 6) is 1.62. The molecule has 3 heteroatoms. The minimum absolute atomic E-state index is 0.500. The minimum atomic E-state index is 0.500. The summed E-state index contributed by atoms with van der Waals surface area (Å²) < 4.78 is 5.75. The Morgan fingerprint density at radius 2 is 2.04 bits per heavy atom. The van der Waals surface area contributed by atoms with Gasteiger partial charge >= 0.3 is 0 Å². The Morgan fingerprint density at radius 1 is 1.21 bits per heavy atom. The zero-order valence-corrected chi connectivity index (χ0v) is 14.6. The van der Waals surface area contributed by atoms with Gasteiger partial charge in [-0.3, -0.25) is 4.98 Å². The maximum absolute atomic E-state index is 5.75. The molecule has 0 aliphatic heterocycles. The predicted molar refractivity (Wildman–Crippen MR) is 99.9 cm³/mol. The molecule has 0 fully saturated rings. The third-order valence-electron chi connectivity index (χ3n) is 4.17. The average Bonchev–Trinajstić information content (AvgIpc) is 2.64. The maximum Gasteiger partial charge on any atom is 0.130 e. The van der Waals surface area contributed by atoms with Crippen LogP contribution in [0.15, 0.2) is 61.3 Å². The molecule has 0 spiro atoms. The highest BCUT2D eigenvalue weighted by Gasteiger charge is 2.03. The van der Waals surface area contributed by atoms with E-state index in [1.54, 1.807) is 6.20 Å². The summed E-state index contributed by atoms with van der Waals surface area (Å²) in [6, 6.07) is 14.1. The molecule has 2 rings (SSSR count). The third kappa shape index (κ3) is 6.55. The fraction of sp³-hybridized carbons (Fsp3) is 0.381. The molecule has 3 nitrogen and oxygen atoms in total. The molecule has 0 aliphatic carbocycles. The summed E-state index contributed by atoms with van der Waals surface area (Å²) in [7, 11) is 0. The Hall–Kier alpha value is -2.13. The summed E-state index contributed by atoms with van der Waals surface area (Å²) in [4.78, 5) is 4.25. The number of rotatable bonds is 11. The van der Waals surface area contributed by atoms with Crippen molar-refractivity contribution in [3.05, 3.63) is 72.6 Å². The van der Waals surface area contributed by atoms with E-state index < -0.39 is 0 Å². The monoisotopic (exact) mass is 324 g/mol. The van der Waals surface area contributed by atoms with Gasteiger partial charge in [0, 0.05) is 12.7 Å². The molecule has 1 heterocycles. The van der Waals surface area contributed by atoms with Crippen LogP contribution in [0, 0.1) is 5.92 Å². The van der Waals surface area contributed by atoms with Gasteiger partial charge in [-0.1, -0.05) is 37.6 Å². The first-order chi connectivity index (χ1) is 11.8. The average molecular weight is 324 g/mol. The van der Waals surface area contributed by atoms with Gasteiger partial charge in [-0.2, -0.15) is 0 Å². The Morgan fingerprint density at radius 3 is 2.71 bits per heavy atom. The fourth-order valence-electron chi connectivity index (χ4n) is 2.61. The summed E-state index contributed by atoms with van der Waals surface area (Å²) >= 11 is 0. The zero-order chi connectivity index (χ0) is 17.0. The van der Waals surface area contributed by atoms with Gasteiger partial charge in [0.25, 0.3) is 0 Å². The Bertz CT molecular complexity index is 581.